The summed E-state index contributed by atoms with van der Waals surface area (Å²) >= 11 is 0. The van der Waals surface area contributed by atoms with Crippen molar-refractivity contribution in [1.29, 1.82) is 0 Å². The predicted octanol–water partition coefficient (Wildman–Crippen LogP) is 1.24. The molecule has 2 atom stereocenters. The lowest BCUT2D eigenvalue weighted by molar-refractivity contribution is 0.0884. The number of benzene rings is 1. The molecule has 2 rings (SSSR count). The van der Waals surface area contributed by atoms with Crippen LogP contribution in [0.3, 0.4) is 0 Å². The Kier molecular flexibility index (Phi) is 5.15. The van der Waals surface area contributed by atoms with Crippen LogP contribution in [0.15, 0.2) is 29.2 Å². The third kappa shape index (κ3) is 3.58. The number of sulfonamides is 1. The molecular weight excluding hydrogens is 276 g/mol. The minimum absolute atomic E-state index is 0.164. The molecule has 0 saturated carbocycles. The van der Waals surface area contributed by atoms with E-state index in [9.17, 15) is 8.42 Å². The predicted molar refractivity (Wildman–Crippen MR) is 77.7 cm³/mol. The van der Waals surface area contributed by atoms with Gasteiger partial charge in [0.1, 0.15) is 0 Å². The van der Waals surface area contributed by atoms with Crippen molar-refractivity contribution in [2.45, 2.75) is 37.3 Å². The number of hydrogen-bond acceptors (Lipinski definition) is 4. The van der Waals surface area contributed by atoms with Crippen LogP contribution in [0.2, 0.25) is 0 Å². The topological polar surface area (TPSA) is 81.4 Å². The molecule has 0 amide bonds. The maximum atomic E-state index is 12.2. The highest BCUT2D eigenvalue weighted by molar-refractivity contribution is 7.89. The molecule has 0 aromatic heterocycles. The summed E-state index contributed by atoms with van der Waals surface area (Å²) in [6.45, 7) is 3.62. The average molecular weight is 298 g/mol. The Hall–Kier alpha value is -0.950. The molecule has 6 heteroatoms. The fourth-order valence-electron chi connectivity index (χ4n) is 2.48. The van der Waals surface area contributed by atoms with Gasteiger partial charge < -0.3 is 10.5 Å². The van der Waals surface area contributed by atoms with Gasteiger partial charge >= 0.3 is 0 Å². The van der Waals surface area contributed by atoms with Crippen molar-refractivity contribution in [3.63, 3.8) is 0 Å². The van der Waals surface area contributed by atoms with Gasteiger partial charge in [0.25, 0.3) is 0 Å². The van der Waals surface area contributed by atoms with Gasteiger partial charge in [-0.05, 0) is 30.5 Å². The Labute approximate surface area is 120 Å². The van der Waals surface area contributed by atoms with Crippen LogP contribution in [0.4, 0.5) is 0 Å². The average Bonchev–Trinajstić information content (AvgIpc) is 2.93. The molecule has 1 fully saturated rings. The summed E-state index contributed by atoms with van der Waals surface area (Å²) in [6, 6.07) is 6.66. The monoisotopic (exact) mass is 298 g/mol. The second-order valence-corrected chi connectivity index (χ2v) is 6.83. The summed E-state index contributed by atoms with van der Waals surface area (Å²) < 4.78 is 32.6. The molecule has 0 radical (unpaired) electrons. The van der Waals surface area contributed by atoms with Crippen molar-refractivity contribution in [3.05, 3.63) is 29.8 Å². The Bertz CT molecular complexity index is 528. The van der Waals surface area contributed by atoms with E-state index in [2.05, 4.69) is 11.6 Å². The lowest BCUT2D eigenvalue weighted by atomic mass is 10.0. The van der Waals surface area contributed by atoms with Gasteiger partial charge in [-0.15, -0.1) is 0 Å². The van der Waals surface area contributed by atoms with Crippen molar-refractivity contribution in [2.24, 2.45) is 11.7 Å². The molecule has 112 valence electrons. The zero-order valence-corrected chi connectivity index (χ0v) is 12.5. The van der Waals surface area contributed by atoms with Gasteiger partial charge in [-0.25, -0.2) is 13.1 Å². The van der Waals surface area contributed by atoms with E-state index in [1.54, 1.807) is 24.3 Å². The normalized spacial score (nSPS) is 23.1. The van der Waals surface area contributed by atoms with Crippen LogP contribution in [-0.2, 0) is 21.3 Å². The fourth-order valence-corrected chi connectivity index (χ4v) is 3.58. The van der Waals surface area contributed by atoms with Crippen molar-refractivity contribution in [2.75, 3.05) is 13.2 Å². The maximum Gasteiger partial charge on any atom is 0.240 e. The lowest BCUT2D eigenvalue weighted by Gasteiger charge is -2.17. The first-order valence-electron chi connectivity index (χ1n) is 6.97. The Morgan fingerprint density at radius 1 is 1.35 bits per heavy atom. The molecule has 0 spiro atoms. The van der Waals surface area contributed by atoms with Gasteiger partial charge in [-0.1, -0.05) is 19.1 Å². The molecule has 2 unspecified atom stereocenters. The third-order valence-electron chi connectivity index (χ3n) is 3.75. The van der Waals surface area contributed by atoms with Crippen LogP contribution in [0, 0.1) is 5.92 Å². The Morgan fingerprint density at radius 3 is 2.65 bits per heavy atom. The highest BCUT2D eigenvalue weighted by atomic mass is 32.2. The summed E-state index contributed by atoms with van der Waals surface area (Å²) in [5, 5.41) is 0. The van der Waals surface area contributed by atoms with E-state index in [0.29, 0.717) is 13.1 Å². The SMILES string of the molecule is CCC1OCCC1CNS(=O)(=O)c1ccc(CN)cc1. The van der Waals surface area contributed by atoms with Crippen LogP contribution < -0.4 is 10.5 Å². The quantitative estimate of drug-likeness (QED) is 0.828. The number of nitrogens with two attached hydrogens (primary N) is 1. The van der Waals surface area contributed by atoms with Crippen LogP contribution in [0.1, 0.15) is 25.3 Å². The number of hydrogen-bond donors (Lipinski definition) is 2. The molecule has 0 aliphatic carbocycles. The summed E-state index contributed by atoms with van der Waals surface area (Å²) in [5.74, 6) is 0.262. The van der Waals surface area contributed by atoms with Crippen LogP contribution in [0.25, 0.3) is 0 Å². The van der Waals surface area contributed by atoms with E-state index < -0.39 is 10.0 Å². The number of rotatable bonds is 6. The third-order valence-corrected chi connectivity index (χ3v) is 5.19. The molecule has 0 bridgehead atoms. The van der Waals surface area contributed by atoms with Crippen molar-refractivity contribution >= 4 is 10.0 Å². The first kappa shape index (κ1) is 15.4. The number of nitrogens with one attached hydrogen (secondary N) is 1. The lowest BCUT2D eigenvalue weighted by Crippen LogP contribution is -2.32. The van der Waals surface area contributed by atoms with Gasteiger partial charge in [-0.3, -0.25) is 0 Å². The minimum atomic E-state index is -3.45. The van der Waals surface area contributed by atoms with Gasteiger partial charge in [0.2, 0.25) is 10.0 Å². The van der Waals surface area contributed by atoms with Gasteiger partial charge in [0, 0.05) is 25.6 Å². The van der Waals surface area contributed by atoms with Crippen molar-refractivity contribution in [1.82, 2.24) is 4.72 Å². The van der Waals surface area contributed by atoms with Gasteiger partial charge in [0.05, 0.1) is 11.0 Å². The first-order chi connectivity index (χ1) is 9.56. The Morgan fingerprint density at radius 2 is 2.05 bits per heavy atom. The van der Waals surface area contributed by atoms with E-state index in [4.69, 9.17) is 10.5 Å². The van der Waals surface area contributed by atoms with E-state index in [1.807, 2.05) is 0 Å². The molecule has 1 saturated heterocycles. The smallest absolute Gasteiger partial charge is 0.240 e. The van der Waals surface area contributed by atoms with Gasteiger partial charge in [-0.2, -0.15) is 0 Å². The standard InChI is InChI=1S/C14H22N2O3S/c1-2-14-12(7-8-19-14)10-16-20(17,18)13-5-3-11(9-15)4-6-13/h3-6,12,14,16H,2,7-10,15H2,1H3. The molecule has 1 aromatic carbocycles. The molecule has 20 heavy (non-hydrogen) atoms. The van der Waals surface area contributed by atoms with E-state index in [0.717, 1.165) is 25.0 Å². The maximum absolute atomic E-state index is 12.2. The van der Waals surface area contributed by atoms with Crippen molar-refractivity contribution < 1.29 is 13.2 Å². The summed E-state index contributed by atoms with van der Waals surface area (Å²) in [4.78, 5) is 0.279. The zero-order chi connectivity index (χ0) is 14.6. The largest absolute Gasteiger partial charge is 0.378 e. The molecule has 1 aliphatic rings. The fraction of sp³-hybridized carbons (Fsp3) is 0.571. The molecular formula is C14H22N2O3S. The second-order valence-electron chi connectivity index (χ2n) is 5.07. The van der Waals surface area contributed by atoms with Crippen LogP contribution >= 0.6 is 0 Å². The van der Waals surface area contributed by atoms with Crippen LogP contribution in [0.5, 0.6) is 0 Å². The zero-order valence-electron chi connectivity index (χ0n) is 11.7. The second kappa shape index (κ2) is 6.67. The summed E-state index contributed by atoms with van der Waals surface area (Å²) in [6.07, 6.45) is 1.99. The molecule has 1 aliphatic heterocycles. The highest BCUT2D eigenvalue weighted by Gasteiger charge is 2.28. The van der Waals surface area contributed by atoms with Crippen LogP contribution in [-0.4, -0.2) is 27.7 Å². The van der Waals surface area contributed by atoms with E-state index in [-0.39, 0.29) is 16.9 Å². The summed E-state index contributed by atoms with van der Waals surface area (Å²) in [7, 11) is -3.45. The Balaban J connectivity index is 1.99. The van der Waals surface area contributed by atoms with E-state index >= 15 is 0 Å². The molecule has 1 aromatic rings. The first-order valence-corrected chi connectivity index (χ1v) is 8.45. The van der Waals surface area contributed by atoms with Crippen molar-refractivity contribution in [3.8, 4) is 0 Å². The highest BCUT2D eigenvalue weighted by Crippen LogP contribution is 2.23. The molecule has 3 N–H and O–H groups in total. The van der Waals surface area contributed by atoms with E-state index in [1.165, 1.54) is 0 Å². The number of ether oxygens (including phenoxy) is 1. The minimum Gasteiger partial charge on any atom is -0.378 e. The molecule has 5 nitrogen and oxygen atoms in total. The van der Waals surface area contributed by atoms with Gasteiger partial charge in [0.15, 0.2) is 0 Å². The summed E-state index contributed by atoms with van der Waals surface area (Å²) in [5.41, 5.74) is 6.42. The molecule has 1 heterocycles.